The normalized spacial score (nSPS) is 19.5. The Kier molecular flexibility index (Phi) is 3.81. The standard InChI is InChI=1S/C22H19N3O/c1-25-20(26)22(24-21(25)23,18-12-6-3-7-13-18)19-14-8-11-17(15-19)16-9-4-2-5-10-16/h2-15H,1H3,(H2,23,24). The highest BCUT2D eigenvalue weighted by atomic mass is 16.2. The fourth-order valence-electron chi connectivity index (χ4n) is 3.42. The molecule has 0 saturated carbocycles. The van der Waals surface area contributed by atoms with Gasteiger partial charge in [0.25, 0.3) is 5.91 Å². The van der Waals surface area contributed by atoms with Crippen LogP contribution in [0.3, 0.4) is 0 Å². The first kappa shape index (κ1) is 16.1. The molecule has 1 aliphatic rings. The molecule has 0 spiro atoms. The van der Waals surface area contributed by atoms with Crippen LogP contribution in [0.2, 0.25) is 0 Å². The van der Waals surface area contributed by atoms with Crippen molar-refractivity contribution in [3.8, 4) is 11.1 Å². The van der Waals surface area contributed by atoms with Crippen molar-refractivity contribution in [3.05, 3.63) is 96.1 Å². The summed E-state index contributed by atoms with van der Waals surface area (Å²) in [7, 11) is 1.66. The number of likely N-dealkylation sites (N-methyl/N-ethyl adjacent to an activating group) is 1. The van der Waals surface area contributed by atoms with Gasteiger partial charge in [0.2, 0.25) is 0 Å². The zero-order chi connectivity index (χ0) is 18.1. The fraction of sp³-hybridized carbons (Fsp3) is 0.0909. The van der Waals surface area contributed by atoms with Gasteiger partial charge in [0, 0.05) is 7.05 Å². The molecule has 3 aromatic rings. The van der Waals surface area contributed by atoms with Crippen molar-refractivity contribution in [2.45, 2.75) is 5.54 Å². The van der Waals surface area contributed by atoms with Crippen molar-refractivity contribution in [3.63, 3.8) is 0 Å². The molecule has 1 unspecified atom stereocenters. The summed E-state index contributed by atoms with van der Waals surface area (Å²) < 4.78 is 0. The minimum absolute atomic E-state index is 0.147. The van der Waals surface area contributed by atoms with E-state index in [-0.39, 0.29) is 11.9 Å². The first-order chi connectivity index (χ1) is 12.6. The summed E-state index contributed by atoms with van der Waals surface area (Å²) in [6.45, 7) is 0. The number of carbonyl (C=O) groups excluding carboxylic acids is 1. The van der Waals surface area contributed by atoms with Crippen LogP contribution < -0.4 is 5.73 Å². The Morgan fingerprint density at radius 2 is 1.38 bits per heavy atom. The third-order valence-corrected chi connectivity index (χ3v) is 4.82. The van der Waals surface area contributed by atoms with Crippen LogP contribution in [-0.4, -0.2) is 23.8 Å². The minimum Gasteiger partial charge on any atom is -0.369 e. The van der Waals surface area contributed by atoms with Crippen LogP contribution in [0.25, 0.3) is 11.1 Å². The largest absolute Gasteiger partial charge is 0.369 e. The molecule has 1 heterocycles. The molecule has 4 heteroatoms. The summed E-state index contributed by atoms with van der Waals surface area (Å²) in [5.41, 5.74) is 8.62. The third-order valence-electron chi connectivity index (χ3n) is 4.82. The maximum Gasteiger partial charge on any atom is 0.266 e. The maximum absolute atomic E-state index is 13.2. The number of aliphatic imine (C=N–C) groups is 1. The lowest BCUT2D eigenvalue weighted by Gasteiger charge is -2.26. The number of benzene rings is 3. The van der Waals surface area contributed by atoms with Gasteiger partial charge in [-0.05, 0) is 28.3 Å². The molecule has 1 aliphatic heterocycles. The topological polar surface area (TPSA) is 58.7 Å². The Morgan fingerprint density at radius 3 is 2.00 bits per heavy atom. The molecule has 26 heavy (non-hydrogen) atoms. The third kappa shape index (κ3) is 2.39. The van der Waals surface area contributed by atoms with Gasteiger partial charge in [-0.1, -0.05) is 78.9 Å². The molecule has 0 radical (unpaired) electrons. The van der Waals surface area contributed by atoms with Crippen LogP contribution in [0, 0.1) is 0 Å². The highest BCUT2D eigenvalue weighted by Crippen LogP contribution is 2.40. The first-order valence-corrected chi connectivity index (χ1v) is 8.48. The van der Waals surface area contributed by atoms with E-state index in [1.165, 1.54) is 4.90 Å². The second-order valence-corrected chi connectivity index (χ2v) is 6.36. The number of guanidine groups is 1. The van der Waals surface area contributed by atoms with Gasteiger partial charge in [0.15, 0.2) is 11.5 Å². The summed E-state index contributed by atoms with van der Waals surface area (Å²) >= 11 is 0. The summed E-state index contributed by atoms with van der Waals surface area (Å²) in [5, 5.41) is 0. The average molecular weight is 341 g/mol. The van der Waals surface area contributed by atoms with Gasteiger partial charge in [-0.3, -0.25) is 9.69 Å². The van der Waals surface area contributed by atoms with E-state index >= 15 is 0 Å². The smallest absolute Gasteiger partial charge is 0.266 e. The highest BCUT2D eigenvalue weighted by molar-refractivity contribution is 6.09. The first-order valence-electron chi connectivity index (χ1n) is 8.48. The molecular weight excluding hydrogens is 322 g/mol. The van der Waals surface area contributed by atoms with Gasteiger partial charge in [0.1, 0.15) is 0 Å². The van der Waals surface area contributed by atoms with E-state index in [9.17, 15) is 4.79 Å². The second-order valence-electron chi connectivity index (χ2n) is 6.36. The number of amides is 1. The summed E-state index contributed by atoms with van der Waals surface area (Å²) in [5.74, 6) is 0.0791. The van der Waals surface area contributed by atoms with Gasteiger partial charge in [-0.25, -0.2) is 4.99 Å². The molecule has 4 rings (SSSR count). The number of carbonyl (C=O) groups is 1. The highest BCUT2D eigenvalue weighted by Gasteiger charge is 2.49. The van der Waals surface area contributed by atoms with Crippen LogP contribution in [0.4, 0.5) is 0 Å². The SMILES string of the molecule is CN1C(=O)C(c2ccccc2)(c2cccc(-c3ccccc3)c2)N=C1N. The van der Waals surface area contributed by atoms with E-state index < -0.39 is 5.54 Å². The molecule has 2 N–H and O–H groups in total. The predicted molar refractivity (Wildman–Crippen MR) is 103 cm³/mol. The molecule has 1 atom stereocenters. The summed E-state index contributed by atoms with van der Waals surface area (Å²) in [6, 6.07) is 27.6. The van der Waals surface area contributed by atoms with Crippen molar-refractivity contribution >= 4 is 11.9 Å². The molecular formula is C22H19N3O. The molecule has 0 aliphatic carbocycles. The molecule has 1 amide bonds. The monoisotopic (exact) mass is 341 g/mol. The van der Waals surface area contributed by atoms with Gasteiger partial charge in [-0.15, -0.1) is 0 Å². The lowest BCUT2D eigenvalue weighted by atomic mass is 9.82. The Balaban J connectivity index is 1.94. The van der Waals surface area contributed by atoms with E-state index in [0.717, 1.165) is 22.3 Å². The molecule has 128 valence electrons. The van der Waals surface area contributed by atoms with Crippen LogP contribution in [0.15, 0.2) is 89.9 Å². The van der Waals surface area contributed by atoms with E-state index in [4.69, 9.17) is 5.73 Å². The zero-order valence-corrected chi connectivity index (χ0v) is 14.5. The predicted octanol–water partition coefficient (Wildman–Crippen LogP) is 3.38. The van der Waals surface area contributed by atoms with Crippen molar-refractivity contribution < 1.29 is 4.79 Å². The molecule has 3 aromatic carbocycles. The zero-order valence-electron chi connectivity index (χ0n) is 14.5. The van der Waals surface area contributed by atoms with E-state index in [1.807, 2.05) is 72.8 Å². The molecule has 0 fully saturated rings. The Labute approximate surface area is 152 Å². The number of rotatable bonds is 3. The molecule has 4 nitrogen and oxygen atoms in total. The van der Waals surface area contributed by atoms with E-state index in [1.54, 1.807) is 7.05 Å². The van der Waals surface area contributed by atoms with Crippen molar-refractivity contribution in [2.75, 3.05) is 7.05 Å². The van der Waals surface area contributed by atoms with Crippen molar-refractivity contribution in [1.29, 1.82) is 0 Å². The number of hydrogen-bond acceptors (Lipinski definition) is 3. The lowest BCUT2D eigenvalue weighted by Crippen LogP contribution is -2.41. The van der Waals surface area contributed by atoms with Crippen LogP contribution >= 0.6 is 0 Å². The van der Waals surface area contributed by atoms with Gasteiger partial charge in [-0.2, -0.15) is 0 Å². The summed E-state index contributed by atoms with van der Waals surface area (Å²) in [6.07, 6.45) is 0. The van der Waals surface area contributed by atoms with Crippen LogP contribution in [0.5, 0.6) is 0 Å². The number of hydrogen-bond donors (Lipinski definition) is 1. The molecule has 0 aromatic heterocycles. The molecule has 0 bridgehead atoms. The van der Waals surface area contributed by atoms with Gasteiger partial charge >= 0.3 is 0 Å². The molecule has 0 saturated heterocycles. The Bertz CT molecular complexity index is 983. The minimum atomic E-state index is -1.15. The van der Waals surface area contributed by atoms with Gasteiger partial charge in [0.05, 0.1) is 0 Å². The van der Waals surface area contributed by atoms with Crippen LogP contribution in [0.1, 0.15) is 11.1 Å². The Morgan fingerprint density at radius 1 is 0.808 bits per heavy atom. The maximum atomic E-state index is 13.2. The van der Waals surface area contributed by atoms with Crippen LogP contribution in [-0.2, 0) is 10.3 Å². The average Bonchev–Trinajstić information content (AvgIpc) is 2.94. The summed E-state index contributed by atoms with van der Waals surface area (Å²) in [4.78, 5) is 19.3. The fourth-order valence-corrected chi connectivity index (χ4v) is 3.42. The lowest BCUT2D eigenvalue weighted by molar-refractivity contribution is -0.129. The van der Waals surface area contributed by atoms with Crippen molar-refractivity contribution in [2.24, 2.45) is 10.7 Å². The quantitative estimate of drug-likeness (QED) is 0.794. The van der Waals surface area contributed by atoms with Crippen molar-refractivity contribution in [1.82, 2.24) is 4.90 Å². The van der Waals surface area contributed by atoms with Gasteiger partial charge < -0.3 is 5.73 Å². The Hall–Kier alpha value is -3.40. The van der Waals surface area contributed by atoms with E-state index in [0.29, 0.717) is 0 Å². The van der Waals surface area contributed by atoms with E-state index in [2.05, 4.69) is 17.1 Å². The number of nitrogens with two attached hydrogens (primary N) is 1. The number of nitrogens with zero attached hydrogens (tertiary/aromatic N) is 2. The second kappa shape index (κ2) is 6.15.